The van der Waals surface area contributed by atoms with Gasteiger partial charge in [-0.3, -0.25) is 9.59 Å². The lowest BCUT2D eigenvalue weighted by molar-refractivity contribution is -0.130. The Balaban J connectivity index is 2.16. The predicted octanol–water partition coefficient (Wildman–Crippen LogP) is 0.428. The topological polar surface area (TPSA) is 92.4 Å². The van der Waals surface area contributed by atoms with Gasteiger partial charge in [-0.15, -0.1) is 0 Å². The second kappa shape index (κ2) is 7.50. The van der Waals surface area contributed by atoms with Crippen LogP contribution in [0.4, 0.5) is 0 Å². The second-order valence-electron chi connectivity index (χ2n) is 6.07. The summed E-state index contributed by atoms with van der Waals surface area (Å²) >= 11 is 0. The molecule has 126 valence electrons. The third-order valence-corrected chi connectivity index (χ3v) is 4.09. The van der Waals surface area contributed by atoms with Gasteiger partial charge in [0, 0.05) is 32.8 Å². The Kier molecular flexibility index (Phi) is 5.65. The molecular weight excluding hydrogens is 294 g/mol. The van der Waals surface area contributed by atoms with Crippen molar-refractivity contribution in [1.29, 1.82) is 0 Å². The van der Waals surface area contributed by atoms with Gasteiger partial charge in [0.1, 0.15) is 5.82 Å². The Labute approximate surface area is 136 Å². The number of carbonyl (C=O) groups excluding carboxylic acids is 2. The second-order valence-corrected chi connectivity index (χ2v) is 6.07. The van der Waals surface area contributed by atoms with Crippen LogP contribution < -0.4 is 5.73 Å². The lowest BCUT2D eigenvalue weighted by Crippen LogP contribution is -2.35. The molecule has 1 fully saturated rings. The number of aromatic nitrogens is 2. The molecule has 0 aromatic carbocycles. The molecule has 1 aliphatic rings. The van der Waals surface area contributed by atoms with E-state index in [0.29, 0.717) is 18.7 Å². The summed E-state index contributed by atoms with van der Waals surface area (Å²) in [6.45, 7) is 2.58. The molecule has 1 aliphatic heterocycles. The van der Waals surface area contributed by atoms with Crippen LogP contribution in [0.2, 0.25) is 0 Å². The summed E-state index contributed by atoms with van der Waals surface area (Å²) in [7, 11) is 3.49. The summed E-state index contributed by atoms with van der Waals surface area (Å²) in [5, 5.41) is 0. The summed E-state index contributed by atoms with van der Waals surface area (Å²) in [5.41, 5.74) is 7.19. The van der Waals surface area contributed by atoms with Crippen LogP contribution in [0.15, 0.2) is 6.07 Å². The third kappa shape index (κ3) is 4.25. The lowest BCUT2D eigenvalue weighted by atomic mass is 10.1. The van der Waals surface area contributed by atoms with Crippen molar-refractivity contribution in [3.63, 3.8) is 0 Å². The SMILES string of the molecule is Cc1nc(CCC(=O)N(C)C)cc([C@@H]2CCCN2C(=O)CN)n1. The number of nitrogens with two attached hydrogens (primary N) is 1. The van der Waals surface area contributed by atoms with Gasteiger partial charge in [-0.05, 0) is 32.3 Å². The average molecular weight is 319 g/mol. The van der Waals surface area contributed by atoms with Crippen LogP contribution >= 0.6 is 0 Å². The number of hydrogen-bond acceptors (Lipinski definition) is 5. The van der Waals surface area contributed by atoms with Crippen molar-refractivity contribution in [3.8, 4) is 0 Å². The van der Waals surface area contributed by atoms with Gasteiger partial charge in [0.25, 0.3) is 0 Å². The van der Waals surface area contributed by atoms with Crippen molar-refractivity contribution in [1.82, 2.24) is 19.8 Å². The zero-order chi connectivity index (χ0) is 17.0. The number of hydrogen-bond donors (Lipinski definition) is 1. The smallest absolute Gasteiger partial charge is 0.236 e. The number of likely N-dealkylation sites (tertiary alicyclic amines) is 1. The third-order valence-electron chi connectivity index (χ3n) is 4.09. The number of amides is 2. The molecule has 2 N–H and O–H groups in total. The zero-order valence-corrected chi connectivity index (χ0v) is 14.1. The molecule has 0 radical (unpaired) electrons. The molecule has 1 aromatic rings. The fraction of sp³-hybridized carbons (Fsp3) is 0.625. The van der Waals surface area contributed by atoms with Gasteiger partial charge in [0.15, 0.2) is 0 Å². The van der Waals surface area contributed by atoms with Gasteiger partial charge < -0.3 is 15.5 Å². The van der Waals surface area contributed by atoms with Gasteiger partial charge in [0.05, 0.1) is 18.3 Å². The van der Waals surface area contributed by atoms with Crippen LogP contribution in [0, 0.1) is 6.92 Å². The molecule has 0 saturated carbocycles. The van der Waals surface area contributed by atoms with Crippen LogP contribution in [0.3, 0.4) is 0 Å². The lowest BCUT2D eigenvalue weighted by Gasteiger charge is -2.24. The normalized spacial score (nSPS) is 17.4. The maximum absolute atomic E-state index is 12.0. The molecule has 2 rings (SSSR count). The van der Waals surface area contributed by atoms with E-state index in [1.54, 1.807) is 23.9 Å². The summed E-state index contributed by atoms with van der Waals surface area (Å²) in [5.74, 6) is 0.693. The van der Waals surface area contributed by atoms with E-state index in [4.69, 9.17) is 5.73 Å². The molecular formula is C16H25N5O2. The predicted molar refractivity (Wildman–Crippen MR) is 86.5 cm³/mol. The van der Waals surface area contributed by atoms with Crippen molar-refractivity contribution >= 4 is 11.8 Å². The zero-order valence-electron chi connectivity index (χ0n) is 14.1. The number of carbonyl (C=O) groups is 2. The molecule has 2 heterocycles. The van der Waals surface area contributed by atoms with Crippen molar-refractivity contribution in [2.24, 2.45) is 5.73 Å². The Hall–Kier alpha value is -2.02. The Morgan fingerprint density at radius 1 is 1.39 bits per heavy atom. The van der Waals surface area contributed by atoms with Crippen molar-refractivity contribution in [2.45, 2.75) is 38.6 Å². The quantitative estimate of drug-likeness (QED) is 0.849. The van der Waals surface area contributed by atoms with Crippen molar-refractivity contribution in [3.05, 3.63) is 23.3 Å². The maximum Gasteiger partial charge on any atom is 0.236 e. The molecule has 1 aromatic heterocycles. The molecule has 0 unspecified atom stereocenters. The molecule has 0 spiro atoms. The highest BCUT2D eigenvalue weighted by Crippen LogP contribution is 2.31. The van der Waals surface area contributed by atoms with Crippen LogP contribution in [-0.2, 0) is 16.0 Å². The van der Waals surface area contributed by atoms with Gasteiger partial charge in [-0.1, -0.05) is 0 Å². The van der Waals surface area contributed by atoms with Crippen LogP contribution in [0.1, 0.15) is 42.5 Å². The summed E-state index contributed by atoms with van der Waals surface area (Å²) in [6, 6.07) is 1.89. The number of rotatable bonds is 5. The Bertz CT molecular complexity index is 588. The Morgan fingerprint density at radius 2 is 2.13 bits per heavy atom. The van der Waals surface area contributed by atoms with E-state index in [2.05, 4.69) is 9.97 Å². The molecule has 1 saturated heterocycles. The average Bonchev–Trinajstić information content (AvgIpc) is 3.00. The molecule has 0 bridgehead atoms. The standard InChI is InChI=1S/C16H25N5O2/c1-11-18-12(6-7-15(22)20(2)3)9-13(19-11)14-5-4-8-21(14)16(23)10-17/h9,14H,4-8,10,17H2,1-3H3/t14-/m0/s1. The minimum Gasteiger partial charge on any atom is -0.349 e. The van der Waals surface area contributed by atoms with E-state index in [-0.39, 0.29) is 24.4 Å². The van der Waals surface area contributed by atoms with Crippen molar-refractivity contribution < 1.29 is 9.59 Å². The first-order valence-corrected chi connectivity index (χ1v) is 7.96. The first kappa shape index (κ1) is 17.3. The largest absolute Gasteiger partial charge is 0.349 e. The van der Waals surface area contributed by atoms with Gasteiger partial charge in [-0.25, -0.2) is 9.97 Å². The number of aryl methyl sites for hydroxylation is 2. The summed E-state index contributed by atoms with van der Waals surface area (Å²) < 4.78 is 0. The van der Waals surface area contributed by atoms with Gasteiger partial charge in [-0.2, -0.15) is 0 Å². The van der Waals surface area contributed by atoms with E-state index in [9.17, 15) is 9.59 Å². The van der Waals surface area contributed by atoms with Crippen LogP contribution in [0.25, 0.3) is 0 Å². The molecule has 0 aliphatic carbocycles. The van der Waals surface area contributed by atoms with E-state index in [0.717, 1.165) is 30.8 Å². The van der Waals surface area contributed by atoms with E-state index in [1.165, 1.54) is 0 Å². The maximum atomic E-state index is 12.0. The van der Waals surface area contributed by atoms with E-state index in [1.807, 2.05) is 13.0 Å². The summed E-state index contributed by atoms with van der Waals surface area (Å²) in [4.78, 5) is 36.0. The fourth-order valence-electron chi connectivity index (χ4n) is 2.90. The number of nitrogens with zero attached hydrogens (tertiary/aromatic N) is 4. The molecule has 7 nitrogen and oxygen atoms in total. The monoisotopic (exact) mass is 319 g/mol. The first-order chi connectivity index (χ1) is 10.9. The minimum absolute atomic E-state index is 0.0186. The van der Waals surface area contributed by atoms with Crippen LogP contribution in [-0.4, -0.2) is 58.8 Å². The minimum atomic E-state index is -0.0481. The summed E-state index contributed by atoms with van der Waals surface area (Å²) in [6.07, 6.45) is 2.83. The highest BCUT2D eigenvalue weighted by atomic mass is 16.2. The molecule has 2 amide bonds. The van der Waals surface area contributed by atoms with Gasteiger partial charge in [0.2, 0.25) is 11.8 Å². The van der Waals surface area contributed by atoms with Crippen LogP contribution in [0.5, 0.6) is 0 Å². The van der Waals surface area contributed by atoms with E-state index >= 15 is 0 Å². The highest BCUT2D eigenvalue weighted by Gasteiger charge is 2.30. The van der Waals surface area contributed by atoms with E-state index < -0.39 is 0 Å². The first-order valence-electron chi connectivity index (χ1n) is 7.96. The Morgan fingerprint density at radius 3 is 2.78 bits per heavy atom. The molecule has 1 atom stereocenters. The highest BCUT2D eigenvalue weighted by molar-refractivity contribution is 5.78. The molecule has 23 heavy (non-hydrogen) atoms. The molecule has 7 heteroatoms. The fourth-order valence-corrected chi connectivity index (χ4v) is 2.90. The van der Waals surface area contributed by atoms with Gasteiger partial charge >= 0.3 is 0 Å². The van der Waals surface area contributed by atoms with Crippen molar-refractivity contribution in [2.75, 3.05) is 27.2 Å².